The summed E-state index contributed by atoms with van der Waals surface area (Å²) in [6.07, 6.45) is 2.76. The number of hydrogen-bond acceptors (Lipinski definition) is 5. The van der Waals surface area contributed by atoms with Gasteiger partial charge < -0.3 is 19.5 Å². The molecular weight excluding hydrogens is 370 g/mol. The molecule has 0 spiro atoms. The molecule has 0 aromatic heterocycles. The number of nitrogens with one attached hydrogen (secondary N) is 1. The Morgan fingerprint density at radius 1 is 1.07 bits per heavy atom. The second kappa shape index (κ2) is 10.2. The van der Waals surface area contributed by atoms with Crippen molar-refractivity contribution in [1.29, 1.82) is 0 Å². The number of amides is 1. The van der Waals surface area contributed by atoms with Gasteiger partial charge in [-0.1, -0.05) is 23.7 Å². The Hall–Kier alpha value is -2.99. The molecule has 0 aliphatic rings. The van der Waals surface area contributed by atoms with Crippen LogP contribution in [0.25, 0.3) is 6.08 Å². The number of ether oxygens (including phenoxy) is 3. The highest BCUT2D eigenvalue weighted by molar-refractivity contribution is 6.30. The Bertz CT molecular complexity index is 818. The Morgan fingerprint density at radius 2 is 1.81 bits per heavy atom. The second-order valence-electron chi connectivity index (χ2n) is 5.45. The zero-order chi connectivity index (χ0) is 19.6. The average molecular weight is 390 g/mol. The standard InChI is InChI=1S/C20H20ClNO5/c1-25-17-8-9-18(26-2)15(11-17)5-10-20(24)27-13-19(23)22-12-14-3-6-16(21)7-4-14/h3-11H,12-13H2,1-2H3,(H,22,23)/b10-5+. The molecule has 0 saturated heterocycles. The van der Waals surface area contributed by atoms with Gasteiger partial charge in [0.2, 0.25) is 0 Å². The number of carbonyl (C=O) groups is 2. The van der Waals surface area contributed by atoms with E-state index < -0.39 is 11.9 Å². The molecule has 6 nitrogen and oxygen atoms in total. The van der Waals surface area contributed by atoms with E-state index in [1.807, 2.05) is 0 Å². The maximum absolute atomic E-state index is 11.8. The fourth-order valence-corrected chi connectivity index (χ4v) is 2.29. The van der Waals surface area contributed by atoms with E-state index in [9.17, 15) is 9.59 Å². The third-order valence-corrected chi connectivity index (χ3v) is 3.84. The van der Waals surface area contributed by atoms with E-state index in [4.69, 9.17) is 25.8 Å². The van der Waals surface area contributed by atoms with E-state index in [1.54, 1.807) is 49.6 Å². The van der Waals surface area contributed by atoms with E-state index in [0.29, 0.717) is 28.6 Å². The lowest BCUT2D eigenvalue weighted by atomic mass is 10.1. The van der Waals surface area contributed by atoms with Gasteiger partial charge in [-0.3, -0.25) is 4.79 Å². The lowest BCUT2D eigenvalue weighted by molar-refractivity contribution is -0.143. The molecule has 0 bridgehead atoms. The SMILES string of the molecule is COc1ccc(OC)c(/C=C/C(=O)OCC(=O)NCc2ccc(Cl)cc2)c1. The van der Waals surface area contributed by atoms with E-state index in [1.165, 1.54) is 19.3 Å². The number of halogens is 1. The van der Waals surface area contributed by atoms with Crippen molar-refractivity contribution in [2.24, 2.45) is 0 Å². The minimum absolute atomic E-state index is 0.324. The zero-order valence-electron chi connectivity index (χ0n) is 15.0. The monoisotopic (exact) mass is 389 g/mol. The zero-order valence-corrected chi connectivity index (χ0v) is 15.8. The molecular formula is C20H20ClNO5. The van der Waals surface area contributed by atoms with Crippen molar-refractivity contribution in [2.45, 2.75) is 6.54 Å². The van der Waals surface area contributed by atoms with Crippen LogP contribution in [0.1, 0.15) is 11.1 Å². The summed E-state index contributed by atoms with van der Waals surface area (Å²) in [7, 11) is 3.08. The number of rotatable bonds is 8. The molecule has 1 amide bonds. The van der Waals surface area contributed by atoms with Gasteiger partial charge in [0.05, 0.1) is 14.2 Å². The first-order chi connectivity index (χ1) is 13.0. The fourth-order valence-electron chi connectivity index (χ4n) is 2.17. The van der Waals surface area contributed by atoms with Gasteiger partial charge in [0.1, 0.15) is 11.5 Å². The lowest BCUT2D eigenvalue weighted by Gasteiger charge is -2.07. The highest BCUT2D eigenvalue weighted by atomic mass is 35.5. The third kappa shape index (κ3) is 6.67. The molecule has 0 heterocycles. The summed E-state index contributed by atoms with van der Waals surface area (Å²) < 4.78 is 15.3. The van der Waals surface area contributed by atoms with Crippen LogP contribution in [0.5, 0.6) is 11.5 Å². The molecule has 27 heavy (non-hydrogen) atoms. The summed E-state index contributed by atoms with van der Waals surface area (Å²) >= 11 is 5.80. The molecule has 0 aliphatic heterocycles. The predicted molar refractivity (Wildman–Crippen MR) is 103 cm³/mol. The van der Waals surface area contributed by atoms with Crippen molar-refractivity contribution in [1.82, 2.24) is 5.32 Å². The first-order valence-corrected chi connectivity index (χ1v) is 8.47. The first kappa shape index (κ1) is 20.3. The molecule has 2 aromatic carbocycles. The van der Waals surface area contributed by atoms with Crippen LogP contribution in [0.3, 0.4) is 0 Å². The summed E-state index contributed by atoms with van der Waals surface area (Å²) in [6.45, 7) is -0.0452. The van der Waals surface area contributed by atoms with Crippen LogP contribution in [0, 0.1) is 0 Å². The highest BCUT2D eigenvalue weighted by Crippen LogP contribution is 2.25. The molecule has 0 fully saturated rings. The third-order valence-electron chi connectivity index (χ3n) is 3.58. The van der Waals surface area contributed by atoms with Gasteiger partial charge in [-0.2, -0.15) is 0 Å². The second-order valence-corrected chi connectivity index (χ2v) is 5.89. The Balaban J connectivity index is 1.82. The minimum atomic E-state index is -0.637. The summed E-state index contributed by atoms with van der Waals surface area (Å²) in [5.41, 5.74) is 1.55. The molecule has 2 rings (SSSR count). The van der Waals surface area contributed by atoms with Crippen molar-refractivity contribution in [3.05, 3.63) is 64.7 Å². The van der Waals surface area contributed by atoms with Crippen molar-refractivity contribution in [3.63, 3.8) is 0 Å². The van der Waals surface area contributed by atoms with E-state index in [2.05, 4.69) is 5.32 Å². The normalized spacial score (nSPS) is 10.5. The molecule has 2 aromatic rings. The maximum Gasteiger partial charge on any atom is 0.331 e. The average Bonchev–Trinajstić information content (AvgIpc) is 2.69. The Morgan fingerprint density at radius 3 is 2.48 bits per heavy atom. The van der Waals surface area contributed by atoms with Gasteiger partial charge in [0, 0.05) is 23.2 Å². The predicted octanol–water partition coefficient (Wildman–Crippen LogP) is 3.23. The van der Waals surface area contributed by atoms with E-state index in [0.717, 1.165) is 5.56 Å². The summed E-state index contributed by atoms with van der Waals surface area (Å²) in [4.78, 5) is 23.6. The smallest absolute Gasteiger partial charge is 0.331 e. The Kier molecular flexibility index (Phi) is 7.70. The largest absolute Gasteiger partial charge is 0.497 e. The molecule has 0 saturated carbocycles. The van der Waals surface area contributed by atoms with Crippen LogP contribution in [0.4, 0.5) is 0 Å². The molecule has 0 radical (unpaired) electrons. The fraction of sp³-hybridized carbons (Fsp3) is 0.200. The molecule has 0 atom stereocenters. The van der Waals surface area contributed by atoms with Crippen molar-refractivity contribution < 1.29 is 23.8 Å². The number of carbonyl (C=O) groups excluding carboxylic acids is 2. The van der Waals surface area contributed by atoms with Crippen LogP contribution in [0.2, 0.25) is 5.02 Å². The number of esters is 1. The summed E-state index contributed by atoms with van der Waals surface area (Å²) in [6, 6.07) is 12.3. The minimum Gasteiger partial charge on any atom is -0.497 e. The highest BCUT2D eigenvalue weighted by Gasteiger charge is 2.06. The number of hydrogen-bond donors (Lipinski definition) is 1. The molecule has 0 aliphatic carbocycles. The molecule has 0 unspecified atom stereocenters. The van der Waals surface area contributed by atoms with Crippen LogP contribution in [0.15, 0.2) is 48.5 Å². The van der Waals surface area contributed by atoms with Crippen LogP contribution in [-0.4, -0.2) is 32.7 Å². The first-order valence-electron chi connectivity index (χ1n) is 8.10. The molecule has 1 N–H and O–H groups in total. The van der Waals surface area contributed by atoms with Gasteiger partial charge in [0.15, 0.2) is 6.61 Å². The van der Waals surface area contributed by atoms with Gasteiger partial charge in [-0.15, -0.1) is 0 Å². The quantitative estimate of drug-likeness (QED) is 0.554. The van der Waals surface area contributed by atoms with Gasteiger partial charge in [-0.25, -0.2) is 4.79 Å². The topological polar surface area (TPSA) is 73.9 Å². The Labute approximate surface area is 162 Å². The van der Waals surface area contributed by atoms with Gasteiger partial charge in [-0.05, 0) is 42.0 Å². The van der Waals surface area contributed by atoms with E-state index >= 15 is 0 Å². The van der Waals surface area contributed by atoms with Crippen molar-refractivity contribution >= 4 is 29.6 Å². The van der Waals surface area contributed by atoms with Crippen LogP contribution < -0.4 is 14.8 Å². The van der Waals surface area contributed by atoms with Crippen molar-refractivity contribution in [3.8, 4) is 11.5 Å². The lowest BCUT2D eigenvalue weighted by Crippen LogP contribution is -2.28. The maximum atomic E-state index is 11.8. The number of methoxy groups -OCH3 is 2. The van der Waals surface area contributed by atoms with Crippen molar-refractivity contribution in [2.75, 3.05) is 20.8 Å². The molecule has 7 heteroatoms. The van der Waals surface area contributed by atoms with Gasteiger partial charge in [0.25, 0.3) is 5.91 Å². The number of benzene rings is 2. The van der Waals surface area contributed by atoms with Gasteiger partial charge >= 0.3 is 5.97 Å². The van der Waals surface area contributed by atoms with E-state index in [-0.39, 0.29) is 6.61 Å². The van der Waals surface area contributed by atoms with Crippen LogP contribution >= 0.6 is 11.6 Å². The summed E-state index contributed by atoms with van der Waals surface area (Å²) in [5, 5.41) is 3.28. The van der Waals surface area contributed by atoms with Crippen LogP contribution in [-0.2, 0) is 20.9 Å². The molecule has 142 valence electrons. The summed E-state index contributed by atoms with van der Waals surface area (Å²) in [5.74, 6) is 0.179.